The molecule has 1 aromatic carbocycles. The van der Waals surface area contributed by atoms with Crippen LogP contribution in [0.1, 0.15) is 37.7 Å². The van der Waals surface area contributed by atoms with Crippen molar-refractivity contribution in [2.45, 2.75) is 20.8 Å². The number of aromatic nitrogens is 1. The molecule has 0 aliphatic carbocycles. The molecule has 0 spiro atoms. The van der Waals surface area contributed by atoms with Gasteiger partial charge < -0.3 is 15.2 Å². The third-order valence-electron chi connectivity index (χ3n) is 3.39. The van der Waals surface area contributed by atoms with E-state index in [1.807, 2.05) is 0 Å². The SMILES string of the molecule is Cc1ccc(C(=O)NCCNC(=O)c2c(C)noc2C)cc1F. The van der Waals surface area contributed by atoms with Crippen LogP contribution in [0, 0.1) is 26.6 Å². The fourth-order valence-corrected chi connectivity index (χ4v) is 2.08. The molecule has 2 amide bonds. The van der Waals surface area contributed by atoms with Gasteiger partial charge in [0.1, 0.15) is 17.1 Å². The van der Waals surface area contributed by atoms with Crippen molar-refractivity contribution >= 4 is 11.8 Å². The van der Waals surface area contributed by atoms with Gasteiger partial charge in [0.2, 0.25) is 0 Å². The molecule has 0 bridgehead atoms. The zero-order valence-electron chi connectivity index (χ0n) is 13.2. The summed E-state index contributed by atoms with van der Waals surface area (Å²) in [6.07, 6.45) is 0. The minimum atomic E-state index is -0.427. The number of benzene rings is 1. The summed E-state index contributed by atoms with van der Waals surface area (Å²) in [6, 6.07) is 4.28. The lowest BCUT2D eigenvalue weighted by Crippen LogP contribution is -2.35. The van der Waals surface area contributed by atoms with Gasteiger partial charge in [-0.15, -0.1) is 0 Å². The van der Waals surface area contributed by atoms with E-state index in [1.54, 1.807) is 32.9 Å². The molecule has 122 valence electrons. The van der Waals surface area contributed by atoms with Crippen molar-refractivity contribution in [3.8, 4) is 0 Å². The molecular weight excluding hydrogens is 301 g/mol. The molecule has 0 saturated carbocycles. The Hall–Kier alpha value is -2.70. The smallest absolute Gasteiger partial charge is 0.256 e. The molecule has 2 rings (SSSR count). The molecular formula is C16H18FN3O3. The van der Waals surface area contributed by atoms with Gasteiger partial charge in [-0.25, -0.2) is 4.39 Å². The zero-order chi connectivity index (χ0) is 17.0. The molecule has 0 atom stereocenters. The van der Waals surface area contributed by atoms with Gasteiger partial charge in [0.25, 0.3) is 11.8 Å². The van der Waals surface area contributed by atoms with Crippen LogP contribution >= 0.6 is 0 Å². The first kappa shape index (κ1) is 16.7. The Morgan fingerprint density at radius 2 is 1.78 bits per heavy atom. The Labute approximate surface area is 133 Å². The number of nitrogens with zero attached hydrogens (tertiary/aromatic N) is 1. The molecule has 2 N–H and O–H groups in total. The minimum Gasteiger partial charge on any atom is -0.361 e. The van der Waals surface area contributed by atoms with Crippen LogP contribution in [0.5, 0.6) is 0 Å². The number of halogens is 1. The van der Waals surface area contributed by atoms with Crippen LogP contribution in [0.4, 0.5) is 4.39 Å². The highest BCUT2D eigenvalue weighted by molar-refractivity contribution is 5.96. The van der Waals surface area contributed by atoms with Crippen molar-refractivity contribution in [2.75, 3.05) is 13.1 Å². The number of hydrogen-bond acceptors (Lipinski definition) is 4. The van der Waals surface area contributed by atoms with Crippen LogP contribution in [0.3, 0.4) is 0 Å². The van der Waals surface area contributed by atoms with Crippen LogP contribution in [0.15, 0.2) is 22.7 Å². The van der Waals surface area contributed by atoms with Gasteiger partial charge in [-0.3, -0.25) is 9.59 Å². The van der Waals surface area contributed by atoms with E-state index >= 15 is 0 Å². The van der Waals surface area contributed by atoms with Gasteiger partial charge in [-0.1, -0.05) is 11.2 Å². The Morgan fingerprint density at radius 1 is 1.13 bits per heavy atom. The first-order valence-electron chi connectivity index (χ1n) is 7.15. The van der Waals surface area contributed by atoms with Crippen molar-refractivity contribution < 1.29 is 18.5 Å². The first-order chi connectivity index (χ1) is 10.9. The second kappa shape index (κ2) is 7.04. The van der Waals surface area contributed by atoms with Gasteiger partial charge >= 0.3 is 0 Å². The Bertz CT molecular complexity index is 721. The molecule has 1 aromatic heterocycles. The number of amides is 2. The summed E-state index contributed by atoms with van der Waals surface area (Å²) >= 11 is 0. The standard InChI is InChI=1S/C16H18FN3O3/c1-9-4-5-12(8-13(9)17)15(21)18-6-7-19-16(22)14-10(2)20-23-11(14)3/h4-5,8H,6-7H2,1-3H3,(H,18,21)(H,19,22). The summed E-state index contributed by atoms with van der Waals surface area (Å²) in [5, 5.41) is 8.99. The van der Waals surface area contributed by atoms with Crippen LogP contribution < -0.4 is 10.6 Å². The van der Waals surface area contributed by atoms with Crippen molar-refractivity contribution in [3.05, 3.63) is 52.2 Å². The van der Waals surface area contributed by atoms with Crippen LogP contribution in [-0.2, 0) is 0 Å². The monoisotopic (exact) mass is 319 g/mol. The van der Waals surface area contributed by atoms with E-state index in [9.17, 15) is 14.0 Å². The maximum absolute atomic E-state index is 13.4. The molecule has 0 aliphatic rings. The van der Waals surface area contributed by atoms with Gasteiger partial charge in [0, 0.05) is 18.7 Å². The highest BCUT2D eigenvalue weighted by Crippen LogP contribution is 2.11. The molecule has 0 radical (unpaired) electrons. The van der Waals surface area contributed by atoms with Crippen molar-refractivity contribution in [1.82, 2.24) is 15.8 Å². The number of nitrogens with one attached hydrogen (secondary N) is 2. The number of hydrogen-bond donors (Lipinski definition) is 2. The summed E-state index contributed by atoms with van der Waals surface area (Å²) in [4.78, 5) is 23.8. The summed E-state index contributed by atoms with van der Waals surface area (Å²) in [5.41, 5.74) is 1.63. The maximum Gasteiger partial charge on any atom is 0.256 e. The Balaban J connectivity index is 1.82. The lowest BCUT2D eigenvalue weighted by Gasteiger charge is -2.07. The van der Waals surface area contributed by atoms with Gasteiger partial charge in [-0.2, -0.15) is 0 Å². The molecule has 0 saturated heterocycles. The third kappa shape index (κ3) is 3.94. The van der Waals surface area contributed by atoms with E-state index < -0.39 is 11.7 Å². The summed E-state index contributed by atoms with van der Waals surface area (Å²) < 4.78 is 18.3. The van der Waals surface area contributed by atoms with Crippen LogP contribution in [-0.4, -0.2) is 30.1 Å². The van der Waals surface area contributed by atoms with E-state index in [-0.39, 0.29) is 24.6 Å². The maximum atomic E-state index is 13.4. The second-order valence-electron chi connectivity index (χ2n) is 5.17. The average molecular weight is 319 g/mol. The highest BCUT2D eigenvalue weighted by atomic mass is 19.1. The van der Waals surface area contributed by atoms with Gasteiger partial charge in [-0.05, 0) is 38.5 Å². The van der Waals surface area contributed by atoms with Gasteiger partial charge in [0.05, 0.1) is 5.69 Å². The second-order valence-corrected chi connectivity index (χ2v) is 5.17. The molecule has 2 aromatic rings. The Kier molecular flexibility index (Phi) is 5.10. The fraction of sp³-hybridized carbons (Fsp3) is 0.312. The van der Waals surface area contributed by atoms with Crippen molar-refractivity contribution in [1.29, 1.82) is 0 Å². The predicted octanol–water partition coefficient (Wildman–Crippen LogP) is 1.90. The van der Waals surface area contributed by atoms with E-state index in [1.165, 1.54) is 6.07 Å². The molecule has 7 heteroatoms. The predicted molar refractivity (Wildman–Crippen MR) is 81.8 cm³/mol. The molecule has 0 fully saturated rings. The highest BCUT2D eigenvalue weighted by Gasteiger charge is 2.16. The van der Waals surface area contributed by atoms with Crippen molar-refractivity contribution in [2.24, 2.45) is 0 Å². The summed E-state index contributed by atoms with van der Waals surface area (Å²) in [6.45, 7) is 5.43. The lowest BCUT2D eigenvalue weighted by molar-refractivity contribution is 0.0926. The number of aryl methyl sites for hydroxylation is 3. The molecule has 1 heterocycles. The van der Waals surface area contributed by atoms with E-state index in [0.29, 0.717) is 22.6 Å². The van der Waals surface area contributed by atoms with E-state index in [0.717, 1.165) is 0 Å². The minimum absolute atomic E-state index is 0.226. The topological polar surface area (TPSA) is 84.2 Å². The molecule has 0 unspecified atom stereocenters. The number of carbonyl (C=O) groups excluding carboxylic acids is 2. The first-order valence-corrected chi connectivity index (χ1v) is 7.15. The Morgan fingerprint density at radius 3 is 2.35 bits per heavy atom. The van der Waals surface area contributed by atoms with Crippen molar-refractivity contribution in [3.63, 3.8) is 0 Å². The largest absolute Gasteiger partial charge is 0.361 e. The zero-order valence-corrected chi connectivity index (χ0v) is 13.2. The molecule has 6 nitrogen and oxygen atoms in total. The fourth-order valence-electron chi connectivity index (χ4n) is 2.08. The number of carbonyl (C=O) groups is 2. The normalized spacial score (nSPS) is 10.4. The quantitative estimate of drug-likeness (QED) is 0.824. The van der Waals surface area contributed by atoms with Crippen LogP contribution in [0.25, 0.3) is 0 Å². The molecule has 23 heavy (non-hydrogen) atoms. The number of rotatable bonds is 5. The third-order valence-corrected chi connectivity index (χ3v) is 3.39. The molecule has 0 aliphatic heterocycles. The van der Waals surface area contributed by atoms with Gasteiger partial charge in [0.15, 0.2) is 0 Å². The van der Waals surface area contributed by atoms with E-state index in [2.05, 4.69) is 15.8 Å². The van der Waals surface area contributed by atoms with E-state index in [4.69, 9.17) is 4.52 Å². The van der Waals surface area contributed by atoms with Crippen LogP contribution in [0.2, 0.25) is 0 Å². The summed E-state index contributed by atoms with van der Waals surface area (Å²) in [7, 11) is 0. The lowest BCUT2D eigenvalue weighted by atomic mass is 10.1. The summed E-state index contributed by atoms with van der Waals surface area (Å²) in [5.74, 6) is -0.684. The average Bonchev–Trinajstić information content (AvgIpc) is 2.85.